The van der Waals surface area contributed by atoms with E-state index in [0.29, 0.717) is 5.82 Å². The highest BCUT2D eigenvalue weighted by Gasteiger charge is 2.53. The van der Waals surface area contributed by atoms with Crippen molar-refractivity contribution in [3.63, 3.8) is 0 Å². The first-order valence-corrected chi connectivity index (χ1v) is 24.8. The lowest BCUT2D eigenvalue weighted by molar-refractivity contribution is 0.00578. The molecule has 9 aromatic carbocycles. The summed E-state index contributed by atoms with van der Waals surface area (Å²) >= 11 is 0. The standard InChI is InChI=1S/C66H49BN2O2/c1-63(2)64(3,4)71-67(70-63)46-26-19-21-42(39-46)59-41-60(43-37-38-50-49-29-13-17-34-55(49)66(58(50)40-43)53-32-15-11-27-47(53)48-28-12-16-33-54(48)66)69-62(68-59)52-31-20-36-57-61(52)51-30-14-18-35-56(51)65(57,44-22-7-5-8-23-44)45-24-9-6-10-25-45/h5-41H,1-4H3. The minimum Gasteiger partial charge on any atom is -0.399 e. The van der Waals surface area contributed by atoms with Gasteiger partial charge in [-0.2, -0.15) is 0 Å². The molecule has 0 radical (unpaired) electrons. The molecule has 1 saturated heterocycles. The van der Waals surface area contributed by atoms with Gasteiger partial charge in [0.1, 0.15) is 0 Å². The molecule has 71 heavy (non-hydrogen) atoms. The zero-order valence-electron chi connectivity index (χ0n) is 40.2. The molecule has 10 aromatic rings. The Morgan fingerprint density at radius 1 is 0.338 bits per heavy atom. The van der Waals surface area contributed by atoms with Crippen LogP contribution in [-0.2, 0) is 20.1 Å². The molecule has 0 N–H and O–H groups in total. The van der Waals surface area contributed by atoms with Crippen LogP contribution in [0, 0.1) is 0 Å². The van der Waals surface area contributed by atoms with Crippen LogP contribution in [-0.4, -0.2) is 28.3 Å². The number of hydrogen-bond acceptors (Lipinski definition) is 4. The zero-order chi connectivity index (χ0) is 47.7. The maximum atomic E-state index is 6.61. The van der Waals surface area contributed by atoms with Crippen molar-refractivity contribution in [1.82, 2.24) is 9.97 Å². The molecule has 5 heteroatoms. The Morgan fingerprint density at radius 3 is 1.34 bits per heavy atom. The van der Waals surface area contributed by atoms with E-state index in [9.17, 15) is 0 Å². The third-order valence-corrected chi connectivity index (χ3v) is 16.5. The first kappa shape index (κ1) is 42.0. The number of aromatic nitrogens is 2. The molecule has 3 aliphatic carbocycles. The molecular formula is C66H49BN2O2. The molecule has 1 aromatic heterocycles. The predicted octanol–water partition coefficient (Wildman–Crippen LogP) is 14.5. The summed E-state index contributed by atoms with van der Waals surface area (Å²) in [6.07, 6.45) is 0. The van der Waals surface area contributed by atoms with Crippen LogP contribution < -0.4 is 5.46 Å². The summed E-state index contributed by atoms with van der Waals surface area (Å²) < 4.78 is 13.2. The molecule has 0 unspecified atom stereocenters. The topological polar surface area (TPSA) is 44.2 Å². The van der Waals surface area contributed by atoms with Crippen LogP contribution >= 0.6 is 0 Å². The van der Waals surface area contributed by atoms with Gasteiger partial charge in [0.25, 0.3) is 0 Å². The number of hydrogen-bond donors (Lipinski definition) is 0. The van der Waals surface area contributed by atoms with E-state index in [0.717, 1.165) is 39.1 Å². The highest BCUT2D eigenvalue weighted by Crippen LogP contribution is 2.63. The number of fused-ring (bicyclic) bond motifs is 13. The van der Waals surface area contributed by atoms with E-state index in [1.54, 1.807) is 0 Å². The molecule has 0 atom stereocenters. The van der Waals surface area contributed by atoms with Gasteiger partial charge in [-0.3, -0.25) is 0 Å². The Hall–Kier alpha value is -7.96. The summed E-state index contributed by atoms with van der Waals surface area (Å²) in [7, 11) is -0.523. The maximum Gasteiger partial charge on any atom is 0.494 e. The van der Waals surface area contributed by atoms with Crippen LogP contribution in [0.15, 0.2) is 224 Å². The second-order valence-electron chi connectivity index (χ2n) is 20.6. The Balaban J connectivity index is 1.02. The van der Waals surface area contributed by atoms with Gasteiger partial charge < -0.3 is 9.31 Å². The molecule has 14 rings (SSSR count). The lowest BCUT2D eigenvalue weighted by atomic mass is 9.67. The van der Waals surface area contributed by atoms with Crippen molar-refractivity contribution in [2.24, 2.45) is 0 Å². The van der Waals surface area contributed by atoms with Gasteiger partial charge in [0.2, 0.25) is 0 Å². The van der Waals surface area contributed by atoms with Crippen LogP contribution in [0.25, 0.3) is 67.3 Å². The average Bonchev–Trinajstić information content (AvgIpc) is 4.08. The third kappa shape index (κ3) is 5.82. The van der Waals surface area contributed by atoms with E-state index < -0.39 is 29.2 Å². The van der Waals surface area contributed by atoms with E-state index in [2.05, 4.69) is 252 Å². The molecule has 1 spiro atoms. The quantitative estimate of drug-likeness (QED) is 0.156. The maximum absolute atomic E-state index is 6.61. The highest BCUT2D eigenvalue weighted by atomic mass is 16.7. The molecule has 4 aliphatic rings. The highest BCUT2D eigenvalue weighted by molar-refractivity contribution is 6.62. The van der Waals surface area contributed by atoms with E-state index in [1.807, 2.05) is 0 Å². The molecule has 1 aliphatic heterocycles. The van der Waals surface area contributed by atoms with E-state index >= 15 is 0 Å². The van der Waals surface area contributed by atoms with E-state index in [-0.39, 0.29) is 0 Å². The molecule has 2 heterocycles. The predicted molar refractivity (Wildman–Crippen MR) is 288 cm³/mol. The third-order valence-electron chi connectivity index (χ3n) is 16.5. The fourth-order valence-electron chi connectivity index (χ4n) is 12.6. The van der Waals surface area contributed by atoms with E-state index in [1.165, 1.54) is 72.3 Å². The van der Waals surface area contributed by atoms with Gasteiger partial charge >= 0.3 is 7.12 Å². The molecule has 1 fully saturated rings. The second kappa shape index (κ2) is 15.3. The minimum absolute atomic E-state index is 0.480. The Morgan fingerprint density at radius 2 is 0.775 bits per heavy atom. The normalized spacial score (nSPS) is 16.5. The van der Waals surface area contributed by atoms with Crippen molar-refractivity contribution in [2.75, 3.05) is 0 Å². The number of nitrogens with zero attached hydrogens (tertiary/aromatic N) is 2. The van der Waals surface area contributed by atoms with Gasteiger partial charge in [-0.15, -0.1) is 0 Å². The van der Waals surface area contributed by atoms with Crippen molar-refractivity contribution in [3.8, 4) is 67.3 Å². The average molecular weight is 913 g/mol. The molecule has 0 saturated carbocycles. The molecule has 338 valence electrons. The first-order chi connectivity index (χ1) is 34.7. The summed E-state index contributed by atoms with van der Waals surface area (Å²) in [6.45, 7) is 8.40. The molecule has 0 bridgehead atoms. The van der Waals surface area contributed by atoms with Crippen molar-refractivity contribution in [2.45, 2.75) is 49.7 Å². The SMILES string of the molecule is CC1(C)OB(c2cccc(-c3cc(-c4ccc5c(c4)C4(c6ccccc6-c6ccccc64)c4ccccc4-5)nc(-c4cccc5c4-c4ccccc4C5(c4ccccc4)c4ccccc4)n3)c2)OC1(C)C. The lowest BCUT2D eigenvalue weighted by Gasteiger charge is -2.33. The van der Waals surface area contributed by atoms with Gasteiger partial charge in [0.05, 0.1) is 33.4 Å². The van der Waals surface area contributed by atoms with Crippen molar-refractivity contribution >= 4 is 12.6 Å². The largest absolute Gasteiger partial charge is 0.494 e. The van der Waals surface area contributed by atoms with Crippen LogP contribution in [0.5, 0.6) is 0 Å². The summed E-state index contributed by atoms with van der Waals surface area (Å²) in [5.74, 6) is 0.664. The Kier molecular flexibility index (Phi) is 9.03. The van der Waals surface area contributed by atoms with Crippen LogP contribution in [0.1, 0.15) is 72.2 Å². The Bertz CT molecular complexity index is 3680. The second-order valence-corrected chi connectivity index (χ2v) is 20.6. The molecular weight excluding hydrogens is 864 g/mol. The van der Waals surface area contributed by atoms with Crippen molar-refractivity contribution in [1.29, 1.82) is 0 Å². The Labute approximate surface area is 415 Å². The number of rotatable bonds is 6. The summed E-state index contributed by atoms with van der Waals surface area (Å²) in [5.41, 5.74) is 21.1. The van der Waals surface area contributed by atoms with Gasteiger partial charge in [0.15, 0.2) is 5.82 Å². The zero-order valence-corrected chi connectivity index (χ0v) is 40.2. The minimum atomic E-state index is -0.570. The molecule has 4 nitrogen and oxygen atoms in total. The van der Waals surface area contributed by atoms with Gasteiger partial charge in [-0.05, 0) is 129 Å². The van der Waals surface area contributed by atoms with Gasteiger partial charge in [0, 0.05) is 11.1 Å². The van der Waals surface area contributed by atoms with Crippen molar-refractivity contribution < 1.29 is 9.31 Å². The van der Waals surface area contributed by atoms with Gasteiger partial charge in [-0.1, -0.05) is 212 Å². The number of benzene rings is 9. The van der Waals surface area contributed by atoms with Crippen molar-refractivity contribution in [3.05, 3.63) is 269 Å². The van der Waals surface area contributed by atoms with Gasteiger partial charge in [-0.25, -0.2) is 9.97 Å². The summed E-state index contributed by atoms with van der Waals surface area (Å²) in [4.78, 5) is 11.3. The summed E-state index contributed by atoms with van der Waals surface area (Å²) in [6, 6.07) is 82.2. The van der Waals surface area contributed by atoms with Crippen LogP contribution in [0.2, 0.25) is 0 Å². The summed E-state index contributed by atoms with van der Waals surface area (Å²) in [5, 5.41) is 0. The fraction of sp³-hybridized carbons (Fsp3) is 0.121. The van der Waals surface area contributed by atoms with Crippen LogP contribution in [0.4, 0.5) is 0 Å². The monoisotopic (exact) mass is 912 g/mol. The lowest BCUT2D eigenvalue weighted by Crippen LogP contribution is -2.41. The fourth-order valence-corrected chi connectivity index (χ4v) is 12.6. The van der Waals surface area contributed by atoms with Crippen LogP contribution in [0.3, 0.4) is 0 Å². The first-order valence-electron chi connectivity index (χ1n) is 24.8. The smallest absolute Gasteiger partial charge is 0.399 e. The van der Waals surface area contributed by atoms with E-state index in [4.69, 9.17) is 19.3 Å². The molecule has 0 amide bonds.